The number of carbonyl (C=O) groups excluding carboxylic acids is 1. The molecule has 0 aliphatic heterocycles. The van der Waals surface area contributed by atoms with Crippen LogP contribution in [-0.2, 0) is 17.6 Å². The molecule has 0 atom stereocenters. The fourth-order valence-corrected chi connectivity index (χ4v) is 2.06. The van der Waals surface area contributed by atoms with E-state index in [0.717, 1.165) is 11.1 Å². The van der Waals surface area contributed by atoms with Gasteiger partial charge in [0.2, 0.25) is 0 Å². The van der Waals surface area contributed by atoms with Crippen LogP contribution < -0.4 is 0 Å². The van der Waals surface area contributed by atoms with Gasteiger partial charge in [-0.15, -0.1) is 0 Å². The van der Waals surface area contributed by atoms with E-state index in [4.69, 9.17) is 23.2 Å². The first kappa shape index (κ1) is 13.1. The second-order valence-corrected chi connectivity index (χ2v) is 4.83. The molecule has 0 radical (unpaired) electrons. The summed E-state index contributed by atoms with van der Waals surface area (Å²) in [6.45, 7) is 0. The zero-order chi connectivity index (χ0) is 13.0. The first-order valence-electron chi connectivity index (χ1n) is 5.49. The van der Waals surface area contributed by atoms with E-state index in [1.54, 1.807) is 30.6 Å². The van der Waals surface area contributed by atoms with E-state index in [2.05, 4.69) is 4.98 Å². The molecular formula is C14H11Cl2NO. The molecule has 0 unspecified atom stereocenters. The number of halogens is 2. The Bertz CT molecular complexity index is 555. The van der Waals surface area contributed by atoms with Crippen molar-refractivity contribution in [2.45, 2.75) is 12.8 Å². The van der Waals surface area contributed by atoms with E-state index < -0.39 is 0 Å². The smallest absolute Gasteiger partial charge is 0.141 e. The number of rotatable bonds is 4. The molecule has 1 aromatic heterocycles. The SMILES string of the molecule is O=C(Cc1cccnc1)Cc1cc(Cl)ccc1Cl. The molecule has 0 N–H and O–H groups in total. The van der Waals surface area contributed by atoms with Crippen molar-refractivity contribution in [2.75, 3.05) is 0 Å². The van der Waals surface area contributed by atoms with Gasteiger partial charge >= 0.3 is 0 Å². The van der Waals surface area contributed by atoms with E-state index in [1.165, 1.54) is 0 Å². The maximum atomic E-state index is 11.9. The second-order valence-electron chi connectivity index (χ2n) is 3.99. The molecule has 0 aliphatic carbocycles. The van der Waals surface area contributed by atoms with Gasteiger partial charge in [0.15, 0.2) is 0 Å². The summed E-state index contributed by atoms with van der Waals surface area (Å²) >= 11 is 11.9. The van der Waals surface area contributed by atoms with Crippen LogP contribution in [0.25, 0.3) is 0 Å². The fourth-order valence-electron chi connectivity index (χ4n) is 1.68. The summed E-state index contributed by atoms with van der Waals surface area (Å²) in [5.41, 5.74) is 1.67. The van der Waals surface area contributed by atoms with Crippen LogP contribution in [0.4, 0.5) is 0 Å². The predicted molar refractivity (Wildman–Crippen MR) is 73.1 cm³/mol. The van der Waals surface area contributed by atoms with Gasteiger partial charge in [-0.25, -0.2) is 0 Å². The molecule has 2 rings (SSSR count). The Morgan fingerprint density at radius 1 is 1.17 bits per heavy atom. The van der Waals surface area contributed by atoms with Crippen molar-refractivity contribution in [3.63, 3.8) is 0 Å². The highest BCUT2D eigenvalue weighted by molar-refractivity contribution is 6.33. The highest BCUT2D eigenvalue weighted by Gasteiger charge is 2.09. The lowest BCUT2D eigenvalue weighted by Gasteiger charge is -2.04. The third kappa shape index (κ3) is 3.56. The van der Waals surface area contributed by atoms with Gasteiger partial charge in [-0.05, 0) is 35.4 Å². The highest BCUT2D eigenvalue weighted by atomic mass is 35.5. The van der Waals surface area contributed by atoms with Gasteiger partial charge in [0.1, 0.15) is 5.78 Å². The van der Waals surface area contributed by atoms with E-state index in [0.29, 0.717) is 16.5 Å². The maximum absolute atomic E-state index is 11.9. The van der Waals surface area contributed by atoms with Gasteiger partial charge < -0.3 is 0 Å². The molecule has 0 saturated heterocycles. The van der Waals surface area contributed by atoms with Gasteiger partial charge in [0.05, 0.1) is 0 Å². The molecular weight excluding hydrogens is 269 g/mol. The quantitative estimate of drug-likeness (QED) is 0.853. The van der Waals surface area contributed by atoms with Crippen molar-refractivity contribution in [3.05, 3.63) is 63.9 Å². The largest absolute Gasteiger partial charge is 0.299 e. The number of Topliss-reactive ketones (excluding diaryl/α,β-unsaturated/α-hetero) is 1. The van der Waals surface area contributed by atoms with E-state index >= 15 is 0 Å². The van der Waals surface area contributed by atoms with Gasteiger partial charge in [0.25, 0.3) is 0 Å². The average molecular weight is 280 g/mol. The lowest BCUT2D eigenvalue weighted by molar-refractivity contribution is -0.117. The summed E-state index contributed by atoms with van der Waals surface area (Å²) < 4.78 is 0. The molecule has 2 nitrogen and oxygen atoms in total. The maximum Gasteiger partial charge on any atom is 0.141 e. The van der Waals surface area contributed by atoms with Crippen LogP contribution >= 0.6 is 23.2 Å². The Kier molecular flexibility index (Phi) is 4.34. The van der Waals surface area contributed by atoms with Crippen molar-refractivity contribution in [3.8, 4) is 0 Å². The summed E-state index contributed by atoms with van der Waals surface area (Å²) in [6.07, 6.45) is 4.02. The first-order valence-corrected chi connectivity index (χ1v) is 6.25. The van der Waals surface area contributed by atoms with Gasteiger partial charge in [-0.1, -0.05) is 29.3 Å². The van der Waals surface area contributed by atoms with Gasteiger partial charge in [0, 0.05) is 35.3 Å². The monoisotopic (exact) mass is 279 g/mol. The van der Waals surface area contributed by atoms with Crippen LogP contribution in [0.3, 0.4) is 0 Å². The third-order valence-electron chi connectivity index (χ3n) is 2.52. The van der Waals surface area contributed by atoms with Crippen LogP contribution in [0.5, 0.6) is 0 Å². The van der Waals surface area contributed by atoms with Crippen molar-refractivity contribution in [1.82, 2.24) is 4.98 Å². The van der Waals surface area contributed by atoms with Crippen molar-refractivity contribution < 1.29 is 4.79 Å². The number of carbonyl (C=O) groups is 1. The van der Waals surface area contributed by atoms with Crippen LogP contribution in [0.15, 0.2) is 42.7 Å². The molecule has 92 valence electrons. The predicted octanol–water partition coefficient (Wildman–Crippen LogP) is 3.74. The standard InChI is InChI=1S/C14H11Cl2NO/c15-12-3-4-14(16)11(7-12)8-13(18)6-10-2-1-5-17-9-10/h1-5,7,9H,6,8H2. The molecule has 4 heteroatoms. The zero-order valence-electron chi connectivity index (χ0n) is 9.57. The average Bonchev–Trinajstić information content (AvgIpc) is 2.35. The molecule has 1 aromatic carbocycles. The van der Waals surface area contributed by atoms with E-state index in [-0.39, 0.29) is 12.2 Å². The molecule has 1 heterocycles. The van der Waals surface area contributed by atoms with E-state index in [9.17, 15) is 4.79 Å². The highest BCUT2D eigenvalue weighted by Crippen LogP contribution is 2.21. The number of hydrogen-bond acceptors (Lipinski definition) is 2. The number of ketones is 1. The van der Waals surface area contributed by atoms with Crippen molar-refractivity contribution in [2.24, 2.45) is 0 Å². The summed E-state index contributed by atoms with van der Waals surface area (Å²) in [5, 5.41) is 1.16. The van der Waals surface area contributed by atoms with Crippen molar-refractivity contribution >= 4 is 29.0 Å². The zero-order valence-corrected chi connectivity index (χ0v) is 11.1. The van der Waals surface area contributed by atoms with Crippen molar-refractivity contribution in [1.29, 1.82) is 0 Å². The van der Waals surface area contributed by atoms with Gasteiger partial charge in [-0.2, -0.15) is 0 Å². The third-order valence-corrected chi connectivity index (χ3v) is 3.12. The minimum atomic E-state index is 0.0900. The summed E-state index contributed by atoms with van der Waals surface area (Å²) in [4.78, 5) is 15.9. The normalized spacial score (nSPS) is 10.3. The molecule has 18 heavy (non-hydrogen) atoms. The number of benzene rings is 1. The molecule has 0 amide bonds. The Morgan fingerprint density at radius 3 is 2.72 bits per heavy atom. The molecule has 2 aromatic rings. The van der Waals surface area contributed by atoms with Crippen LogP contribution in [0, 0.1) is 0 Å². The lowest BCUT2D eigenvalue weighted by atomic mass is 10.0. The fraction of sp³-hybridized carbons (Fsp3) is 0.143. The topological polar surface area (TPSA) is 30.0 Å². The first-order chi connectivity index (χ1) is 8.65. The minimum absolute atomic E-state index is 0.0900. The molecule has 0 fully saturated rings. The molecule has 0 saturated carbocycles. The number of hydrogen-bond donors (Lipinski definition) is 0. The van der Waals surface area contributed by atoms with Gasteiger partial charge in [-0.3, -0.25) is 9.78 Å². The summed E-state index contributed by atoms with van der Waals surface area (Å²) in [5.74, 6) is 0.0900. The van der Waals surface area contributed by atoms with Crippen LogP contribution in [-0.4, -0.2) is 10.8 Å². The summed E-state index contributed by atoms with van der Waals surface area (Å²) in [6, 6.07) is 8.83. The Labute approximate surface area is 116 Å². The van der Waals surface area contributed by atoms with Crippen LogP contribution in [0.1, 0.15) is 11.1 Å². The molecule has 0 bridgehead atoms. The Morgan fingerprint density at radius 2 is 2.00 bits per heavy atom. The number of aromatic nitrogens is 1. The Balaban J connectivity index is 2.05. The molecule has 0 spiro atoms. The Hall–Kier alpha value is -1.38. The second kappa shape index (κ2) is 5.98. The van der Waals surface area contributed by atoms with E-state index in [1.807, 2.05) is 12.1 Å². The number of pyridine rings is 1. The molecule has 0 aliphatic rings. The number of nitrogens with zero attached hydrogens (tertiary/aromatic N) is 1. The lowest BCUT2D eigenvalue weighted by Crippen LogP contribution is -2.07. The van der Waals surface area contributed by atoms with Crippen LogP contribution in [0.2, 0.25) is 10.0 Å². The minimum Gasteiger partial charge on any atom is -0.299 e. The summed E-state index contributed by atoms with van der Waals surface area (Å²) in [7, 11) is 0.